The highest BCUT2D eigenvalue weighted by Gasteiger charge is 2.19. The van der Waals surface area contributed by atoms with Gasteiger partial charge in [0, 0.05) is 17.1 Å². The first kappa shape index (κ1) is 11.9. The van der Waals surface area contributed by atoms with Crippen LogP contribution >= 0.6 is 15.9 Å². The van der Waals surface area contributed by atoms with Gasteiger partial charge in [0.05, 0.1) is 0 Å². The van der Waals surface area contributed by atoms with Crippen molar-refractivity contribution < 1.29 is 0 Å². The largest absolute Gasteiger partial charge is 0.310 e. The molecule has 0 aromatic heterocycles. The molecule has 1 N–H and O–H groups in total. The van der Waals surface area contributed by atoms with Crippen molar-refractivity contribution in [2.75, 3.05) is 6.54 Å². The van der Waals surface area contributed by atoms with E-state index in [1.165, 1.54) is 24.0 Å². The molecule has 0 radical (unpaired) electrons. The van der Waals surface area contributed by atoms with E-state index in [1.807, 2.05) is 0 Å². The van der Waals surface area contributed by atoms with Crippen LogP contribution in [0.2, 0.25) is 0 Å². The second-order valence-corrected chi connectivity index (χ2v) is 5.28. The Balaban J connectivity index is 1.97. The summed E-state index contributed by atoms with van der Waals surface area (Å²) in [6.07, 6.45) is 6.13. The van der Waals surface area contributed by atoms with Crippen molar-refractivity contribution in [2.45, 2.75) is 32.2 Å². The summed E-state index contributed by atoms with van der Waals surface area (Å²) in [5, 5.41) is 3.56. The zero-order chi connectivity index (χ0) is 11.4. The molecule has 0 bridgehead atoms. The molecule has 1 aromatic rings. The molecule has 86 valence electrons. The Morgan fingerprint density at radius 2 is 2.06 bits per heavy atom. The van der Waals surface area contributed by atoms with Crippen LogP contribution in [-0.2, 0) is 0 Å². The number of nitrogens with one attached hydrogen (secondary N) is 1. The second kappa shape index (κ2) is 5.65. The fourth-order valence-electron chi connectivity index (χ4n) is 1.64. The van der Waals surface area contributed by atoms with Gasteiger partial charge in [0.25, 0.3) is 0 Å². The average molecular weight is 280 g/mol. The van der Waals surface area contributed by atoms with Crippen molar-refractivity contribution in [3.05, 3.63) is 39.9 Å². The lowest BCUT2D eigenvalue weighted by molar-refractivity contribution is 0.723. The second-order valence-electron chi connectivity index (χ2n) is 4.36. The summed E-state index contributed by atoms with van der Waals surface area (Å²) >= 11 is 3.45. The SMILES string of the molecule is CCC(=Cc1ccc(Br)cc1)CNC1CC1. The van der Waals surface area contributed by atoms with Crippen molar-refractivity contribution in [3.63, 3.8) is 0 Å². The van der Waals surface area contributed by atoms with Crippen LogP contribution in [0.25, 0.3) is 6.08 Å². The Morgan fingerprint density at radius 3 is 2.62 bits per heavy atom. The predicted molar refractivity (Wildman–Crippen MR) is 73.4 cm³/mol. The minimum atomic E-state index is 0.792. The number of rotatable bonds is 5. The van der Waals surface area contributed by atoms with E-state index < -0.39 is 0 Å². The molecule has 1 aromatic carbocycles. The van der Waals surface area contributed by atoms with Crippen molar-refractivity contribution in [1.29, 1.82) is 0 Å². The first-order chi connectivity index (χ1) is 7.78. The van der Waals surface area contributed by atoms with Crippen LogP contribution in [0.5, 0.6) is 0 Å². The average Bonchev–Trinajstić information content (AvgIpc) is 3.11. The third-order valence-electron chi connectivity index (χ3n) is 2.89. The van der Waals surface area contributed by atoms with Crippen LogP contribution in [0.3, 0.4) is 0 Å². The summed E-state index contributed by atoms with van der Waals surface area (Å²) in [5.41, 5.74) is 2.77. The molecule has 0 aliphatic heterocycles. The van der Waals surface area contributed by atoms with E-state index in [0.717, 1.165) is 23.5 Å². The molecule has 2 heteroatoms. The van der Waals surface area contributed by atoms with Crippen molar-refractivity contribution >= 4 is 22.0 Å². The highest BCUT2D eigenvalue weighted by molar-refractivity contribution is 9.10. The summed E-state index contributed by atoms with van der Waals surface area (Å²) in [6.45, 7) is 3.26. The van der Waals surface area contributed by atoms with Crippen molar-refractivity contribution in [1.82, 2.24) is 5.32 Å². The molecule has 1 aliphatic rings. The standard InChI is InChI=1S/C14H18BrN/c1-2-11(10-16-14-7-8-14)9-12-3-5-13(15)6-4-12/h3-6,9,14,16H,2,7-8,10H2,1H3. The maximum atomic E-state index is 3.56. The predicted octanol–water partition coefficient (Wildman–Crippen LogP) is 3.99. The lowest BCUT2D eigenvalue weighted by atomic mass is 10.1. The van der Waals surface area contributed by atoms with Crippen LogP contribution in [0.4, 0.5) is 0 Å². The fraction of sp³-hybridized carbons (Fsp3) is 0.429. The molecule has 0 saturated heterocycles. The maximum Gasteiger partial charge on any atom is 0.0175 e. The first-order valence-corrected chi connectivity index (χ1v) is 6.75. The summed E-state index contributed by atoms with van der Waals surface area (Å²) < 4.78 is 1.14. The Bertz CT molecular complexity index is 363. The Kier molecular flexibility index (Phi) is 4.19. The maximum absolute atomic E-state index is 3.56. The minimum Gasteiger partial charge on any atom is -0.310 e. The number of hydrogen-bond acceptors (Lipinski definition) is 1. The third-order valence-corrected chi connectivity index (χ3v) is 3.42. The molecule has 1 nitrogen and oxygen atoms in total. The zero-order valence-electron chi connectivity index (χ0n) is 9.67. The van der Waals surface area contributed by atoms with Crippen LogP contribution in [-0.4, -0.2) is 12.6 Å². The van der Waals surface area contributed by atoms with Gasteiger partial charge in [-0.15, -0.1) is 0 Å². The van der Waals surface area contributed by atoms with E-state index in [0.29, 0.717) is 0 Å². The molecule has 2 rings (SSSR count). The van der Waals surface area contributed by atoms with Gasteiger partial charge in [-0.3, -0.25) is 0 Å². The molecular weight excluding hydrogens is 262 g/mol. The van der Waals surface area contributed by atoms with E-state index in [2.05, 4.69) is 58.5 Å². The number of benzene rings is 1. The van der Waals surface area contributed by atoms with Crippen LogP contribution in [0, 0.1) is 0 Å². The first-order valence-electron chi connectivity index (χ1n) is 5.96. The van der Waals surface area contributed by atoms with Gasteiger partial charge in [0.1, 0.15) is 0 Å². The van der Waals surface area contributed by atoms with Gasteiger partial charge < -0.3 is 5.32 Å². The number of halogens is 1. The van der Waals surface area contributed by atoms with Gasteiger partial charge in [-0.25, -0.2) is 0 Å². The van der Waals surface area contributed by atoms with E-state index in [4.69, 9.17) is 0 Å². The van der Waals surface area contributed by atoms with E-state index in [1.54, 1.807) is 0 Å². The monoisotopic (exact) mass is 279 g/mol. The summed E-state index contributed by atoms with van der Waals surface area (Å²) in [5.74, 6) is 0. The quantitative estimate of drug-likeness (QED) is 0.859. The lowest BCUT2D eigenvalue weighted by Gasteiger charge is -2.06. The van der Waals surface area contributed by atoms with Crippen molar-refractivity contribution in [2.24, 2.45) is 0 Å². The van der Waals surface area contributed by atoms with Gasteiger partial charge in [0.2, 0.25) is 0 Å². The normalized spacial score (nSPS) is 16.5. The molecule has 1 saturated carbocycles. The molecule has 1 aliphatic carbocycles. The van der Waals surface area contributed by atoms with E-state index >= 15 is 0 Å². The van der Waals surface area contributed by atoms with Crippen molar-refractivity contribution in [3.8, 4) is 0 Å². The molecule has 0 atom stereocenters. The lowest BCUT2D eigenvalue weighted by Crippen LogP contribution is -2.18. The number of hydrogen-bond donors (Lipinski definition) is 1. The van der Waals surface area contributed by atoms with Gasteiger partial charge in [-0.2, -0.15) is 0 Å². The third kappa shape index (κ3) is 3.76. The molecule has 0 unspecified atom stereocenters. The van der Waals surface area contributed by atoms with E-state index in [-0.39, 0.29) is 0 Å². The molecular formula is C14H18BrN. The molecule has 1 fully saturated rings. The highest BCUT2D eigenvalue weighted by Crippen LogP contribution is 2.20. The Morgan fingerprint density at radius 1 is 1.38 bits per heavy atom. The van der Waals surface area contributed by atoms with Crippen LogP contribution in [0.15, 0.2) is 34.3 Å². The van der Waals surface area contributed by atoms with Gasteiger partial charge in [-0.05, 0) is 37.0 Å². The summed E-state index contributed by atoms with van der Waals surface area (Å²) in [6, 6.07) is 9.27. The van der Waals surface area contributed by atoms with Crippen LogP contribution < -0.4 is 5.32 Å². The molecule has 0 heterocycles. The fourth-order valence-corrected chi connectivity index (χ4v) is 1.90. The molecule has 0 spiro atoms. The molecule has 16 heavy (non-hydrogen) atoms. The Hall–Kier alpha value is -0.600. The Labute approximate surface area is 106 Å². The minimum absolute atomic E-state index is 0.792. The smallest absolute Gasteiger partial charge is 0.0175 e. The van der Waals surface area contributed by atoms with Gasteiger partial charge >= 0.3 is 0 Å². The summed E-state index contributed by atoms with van der Waals surface area (Å²) in [7, 11) is 0. The summed E-state index contributed by atoms with van der Waals surface area (Å²) in [4.78, 5) is 0. The van der Waals surface area contributed by atoms with E-state index in [9.17, 15) is 0 Å². The zero-order valence-corrected chi connectivity index (χ0v) is 11.3. The molecule has 0 amide bonds. The van der Waals surface area contributed by atoms with Gasteiger partial charge in [0.15, 0.2) is 0 Å². The highest BCUT2D eigenvalue weighted by atomic mass is 79.9. The van der Waals surface area contributed by atoms with Crippen LogP contribution in [0.1, 0.15) is 31.7 Å². The topological polar surface area (TPSA) is 12.0 Å². The van der Waals surface area contributed by atoms with Gasteiger partial charge in [-0.1, -0.05) is 46.6 Å².